The lowest BCUT2D eigenvalue weighted by Gasteiger charge is -2.04. The van der Waals surface area contributed by atoms with Gasteiger partial charge in [-0.15, -0.1) is 0 Å². The molecule has 5 nitrogen and oxygen atoms in total. The molecule has 0 fully saturated rings. The summed E-state index contributed by atoms with van der Waals surface area (Å²) in [6.07, 6.45) is 1.81. The van der Waals surface area contributed by atoms with Crippen LogP contribution in [0.2, 0.25) is 5.02 Å². The van der Waals surface area contributed by atoms with E-state index in [-0.39, 0.29) is 5.91 Å². The normalized spacial score (nSPS) is 11.7. The van der Waals surface area contributed by atoms with Crippen molar-refractivity contribution in [2.45, 2.75) is 13.8 Å². The smallest absolute Gasteiger partial charge is 0.290 e. The maximum absolute atomic E-state index is 12.4. The van der Waals surface area contributed by atoms with Gasteiger partial charge in [0.05, 0.1) is 11.4 Å². The van der Waals surface area contributed by atoms with Gasteiger partial charge in [0.2, 0.25) is 0 Å². The number of aryl methyl sites for hydroxylation is 1. The fraction of sp³-hybridized carbons (Fsp3) is 0.118. The summed E-state index contributed by atoms with van der Waals surface area (Å²) in [6, 6.07) is 12.9. The van der Waals surface area contributed by atoms with E-state index in [1.165, 1.54) is 0 Å². The van der Waals surface area contributed by atoms with Crippen molar-refractivity contribution in [1.82, 2.24) is 14.8 Å². The van der Waals surface area contributed by atoms with Gasteiger partial charge in [0.25, 0.3) is 5.91 Å². The third kappa shape index (κ3) is 3.10. The Morgan fingerprint density at radius 2 is 1.96 bits per heavy atom. The minimum Gasteiger partial charge on any atom is -0.295 e. The summed E-state index contributed by atoms with van der Waals surface area (Å²) in [7, 11) is 0. The number of halogens is 1. The lowest BCUT2D eigenvalue weighted by atomic mass is 10.1. The molecule has 0 spiro atoms. The Bertz CT molecular complexity index is 897. The largest absolute Gasteiger partial charge is 0.295 e. The molecule has 0 radical (unpaired) electrons. The van der Waals surface area contributed by atoms with Gasteiger partial charge in [-0.05, 0) is 43.7 Å². The number of nitrogens with zero attached hydrogens (tertiary/aromatic N) is 3. The molecule has 2 heterocycles. The van der Waals surface area contributed by atoms with Gasteiger partial charge < -0.3 is 0 Å². The number of amides is 1. The van der Waals surface area contributed by atoms with Crippen molar-refractivity contribution in [3.63, 3.8) is 0 Å². The summed E-state index contributed by atoms with van der Waals surface area (Å²) in [5.74, 6) is -0.297. The topological polar surface area (TPSA) is 58.8 Å². The zero-order valence-corrected chi connectivity index (χ0v) is 13.5. The highest BCUT2D eigenvalue weighted by atomic mass is 35.5. The van der Waals surface area contributed by atoms with Gasteiger partial charge in [-0.2, -0.15) is 5.10 Å². The standard InChI is InChI=1S/C17H15ClN4O/c1-11(13-6-8-14(18)9-7-13)20-21-17(23)16-12(2)19-15-5-3-4-10-22(15)16/h3-10H,1-2H3,(H,21,23). The zero-order valence-electron chi connectivity index (χ0n) is 12.7. The molecule has 0 aliphatic rings. The zero-order chi connectivity index (χ0) is 16.4. The van der Waals surface area contributed by atoms with Crippen molar-refractivity contribution in [3.8, 4) is 0 Å². The summed E-state index contributed by atoms with van der Waals surface area (Å²) in [4.78, 5) is 16.8. The SMILES string of the molecule is CC(=NNC(=O)c1c(C)nc2ccccn12)c1ccc(Cl)cc1. The van der Waals surface area contributed by atoms with Crippen molar-refractivity contribution in [3.05, 3.63) is 70.6 Å². The van der Waals surface area contributed by atoms with Crippen molar-refractivity contribution in [1.29, 1.82) is 0 Å². The maximum atomic E-state index is 12.4. The van der Waals surface area contributed by atoms with Crippen molar-refractivity contribution >= 4 is 28.9 Å². The van der Waals surface area contributed by atoms with Crippen LogP contribution in [0.5, 0.6) is 0 Å². The van der Waals surface area contributed by atoms with Crippen LogP contribution in [0.15, 0.2) is 53.8 Å². The van der Waals surface area contributed by atoms with E-state index in [9.17, 15) is 4.79 Å². The molecular formula is C17H15ClN4O. The van der Waals surface area contributed by atoms with Gasteiger partial charge in [0.15, 0.2) is 0 Å². The fourth-order valence-electron chi connectivity index (χ4n) is 2.33. The van der Waals surface area contributed by atoms with E-state index in [0.717, 1.165) is 11.2 Å². The molecule has 0 unspecified atom stereocenters. The summed E-state index contributed by atoms with van der Waals surface area (Å²) < 4.78 is 1.75. The number of carbonyl (C=O) groups is 1. The highest BCUT2D eigenvalue weighted by molar-refractivity contribution is 6.30. The molecular weight excluding hydrogens is 312 g/mol. The first-order valence-corrected chi connectivity index (χ1v) is 7.48. The second-order valence-corrected chi connectivity index (χ2v) is 5.56. The summed E-state index contributed by atoms with van der Waals surface area (Å²) in [5.41, 5.74) is 6.05. The highest BCUT2D eigenvalue weighted by Crippen LogP contribution is 2.12. The average Bonchev–Trinajstić information content (AvgIpc) is 2.88. The molecule has 0 aliphatic carbocycles. The molecule has 6 heteroatoms. The number of hydrogen-bond acceptors (Lipinski definition) is 3. The van der Waals surface area contributed by atoms with Crippen LogP contribution in [0, 0.1) is 6.92 Å². The monoisotopic (exact) mass is 326 g/mol. The number of carbonyl (C=O) groups excluding carboxylic acids is 1. The summed E-state index contributed by atoms with van der Waals surface area (Å²) >= 11 is 5.87. The van der Waals surface area contributed by atoms with Crippen LogP contribution < -0.4 is 5.43 Å². The van der Waals surface area contributed by atoms with Crippen molar-refractivity contribution in [2.75, 3.05) is 0 Å². The molecule has 1 N–H and O–H groups in total. The van der Waals surface area contributed by atoms with Crippen LogP contribution >= 0.6 is 11.6 Å². The van der Waals surface area contributed by atoms with Crippen LogP contribution in [0.3, 0.4) is 0 Å². The second-order valence-electron chi connectivity index (χ2n) is 5.12. The molecule has 0 atom stereocenters. The number of benzene rings is 1. The first kappa shape index (κ1) is 15.2. The van der Waals surface area contributed by atoms with Gasteiger partial charge >= 0.3 is 0 Å². The lowest BCUT2D eigenvalue weighted by molar-refractivity contribution is 0.0948. The number of imidazole rings is 1. The van der Waals surface area contributed by atoms with Crippen molar-refractivity contribution < 1.29 is 4.79 Å². The molecule has 0 bridgehead atoms. The molecule has 1 amide bonds. The molecule has 2 aromatic heterocycles. The van der Waals surface area contributed by atoms with E-state index in [1.807, 2.05) is 37.3 Å². The molecule has 0 saturated carbocycles. The van der Waals surface area contributed by atoms with Gasteiger partial charge in [0, 0.05) is 11.2 Å². The van der Waals surface area contributed by atoms with Crippen LogP contribution in [0.1, 0.15) is 28.7 Å². The average molecular weight is 327 g/mol. The lowest BCUT2D eigenvalue weighted by Crippen LogP contribution is -2.21. The van der Waals surface area contributed by atoms with Crippen LogP contribution in [-0.4, -0.2) is 21.0 Å². The summed E-state index contributed by atoms with van der Waals surface area (Å²) in [5, 5.41) is 4.82. The van der Waals surface area contributed by atoms with Crippen LogP contribution in [0.4, 0.5) is 0 Å². The van der Waals surface area contributed by atoms with E-state index in [1.54, 1.807) is 29.7 Å². The third-order valence-electron chi connectivity index (χ3n) is 3.51. The number of rotatable bonds is 3. The Balaban J connectivity index is 1.85. The van der Waals surface area contributed by atoms with E-state index in [0.29, 0.717) is 22.1 Å². The van der Waals surface area contributed by atoms with E-state index in [2.05, 4.69) is 15.5 Å². The van der Waals surface area contributed by atoms with E-state index < -0.39 is 0 Å². The number of pyridine rings is 1. The van der Waals surface area contributed by atoms with E-state index >= 15 is 0 Å². The Morgan fingerprint density at radius 3 is 2.70 bits per heavy atom. The Labute approximate surface area is 138 Å². The van der Waals surface area contributed by atoms with Gasteiger partial charge in [-0.1, -0.05) is 29.8 Å². The number of aromatic nitrogens is 2. The predicted octanol–water partition coefficient (Wildman–Crippen LogP) is 3.45. The molecule has 3 rings (SSSR count). The first-order valence-electron chi connectivity index (χ1n) is 7.10. The van der Waals surface area contributed by atoms with E-state index in [4.69, 9.17) is 11.6 Å². The maximum Gasteiger partial charge on any atom is 0.290 e. The minimum absolute atomic E-state index is 0.297. The van der Waals surface area contributed by atoms with Crippen LogP contribution in [-0.2, 0) is 0 Å². The molecule has 23 heavy (non-hydrogen) atoms. The minimum atomic E-state index is -0.297. The molecule has 0 aliphatic heterocycles. The third-order valence-corrected chi connectivity index (χ3v) is 3.76. The van der Waals surface area contributed by atoms with Gasteiger partial charge in [0.1, 0.15) is 11.3 Å². The molecule has 3 aromatic rings. The quantitative estimate of drug-likeness (QED) is 0.592. The summed E-state index contributed by atoms with van der Waals surface area (Å²) in [6.45, 7) is 3.63. The number of hydrazone groups is 1. The Morgan fingerprint density at radius 1 is 1.22 bits per heavy atom. The number of fused-ring (bicyclic) bond motifs is 1. The first-order chi connectivity index (χ1) is 11.1. The number of hydrogen-bond donors (Lipinski definition) is 1. The number of nitrogens with one attached hydrogen (secondary N) is 1. The predicted molar refractivity (Wildman–Crippen MR) is 91.1 cm³/mol. The van der Waals surface area contributed by atoms with Crippen LogP contribution in [0.25, 0.3) is 5.65 Å². The molecule has 116 valence electrons. The fourth-order valence-corrected chi connectivity index (χ4v) is 2.46. The Kier molecular flexibility index (Phi) is 4.12. The molecule has 0 saturated heterocycles. The van der Waals surface area contributed by atoms with Crippen molar-refractivity contribution in [2.24, 2.45) is 5.10 Å². The Hall–Kier alpha value is -2.66. The molecule has 1 aromatic carbocycles. The second kappa shape index (κ2) is 6.22. The van der Waals surface area contributed by atoms with Gasteiger partial charge in [-0.25, -0.2) is 10.4 Å². The highest BCUT2D eigenvalue weighted by Gasteiger charge is 2.15. The van der Waals surface area contributed by atoms with Gasteiger partial charge in [-0.3, -0.25) is 9.20 Å².